The van der Waals surface area contributed by atoms with E-state index in [-0.39, 0.29) is 12.0 Å². The number of aliphatic hydroxyl groups is 1. The lowest BCUT2D eigenvalue weighted by molar-refractivity contribution is 0.158. The van der Waals surface area contributed by atoms with Crippen LogP contribution in [0.3, 0.4) is 0 Å². The molecule has 0 saturated heterocycles. The zero-order chi connectivity index (χ0) is 21.2. The van der Waals surface area contributed by atoms with Gasteiger partial charge >= 0.3 is 0 Å². The van der Waals surface area contributed by atoms with Crippen LogP contribution < -0.4 is 0 Å². The van der Waals surface area contributed by atoms with Crippen LogP contribution in [0, 0.1) is 18.6 Å². The predicted molar refractivity (Wildman–Crippen MR) is 105 cm³/mol. The Kier molecular flexibility index (Phi) is 6.12. The number of hydrogen-bond donors (Lipinski definition) is 2. The van der Waals surface area contributed by atoms with Crippen molar-refractivity contribution >= 4 is 10.1 Å². The van der Waals surface area contributed by atoms with E-state index in [1.165, 1.54) is 54.6 Å². The summed E-state index contributed by atoms with van der Waals surface area (Å²) in [6.45, 7) is 1.72. The highest BCUT2D eigenvalue weighted by atomic mass is 32.2. The predicted octanol–water partition coefficient (Wildman–Crippen LogP) is 4.78. The van der Waals surface area contributed by atoms with Gasteiger partial charge in [-0.3, -0.25) is 4.55 Å². The zero-order valence-electron chi connectivity index (χ0n) is 15.6. The van der Waals surface area contributed by atoms with Gasteiger partial charge in [0.05, 0.1) is 11.0 Å². The quantitative estimate of drug-likeness (QED) is 0.565. The first-order valence-corrected chi connectivity index (χ1v) is 10.4. The molecular formula is C22H20F2O4S. The van der Waals surface area contributed by atoms with Crippen LogP contribution in [0.4, 0.5) is 8.78 Å². The third kappa shape index (κ3) is 5.06. The Balaban J connectivity index is 2.06. The molecule has 0 aliphatic heterocycles. The Hall–Kier alpha value is -2.61. The summed E-state index contributed by atoms with van der Waals surface area (Å²) in [5.74, 6) is -1.56. The lowest BCUT2D eigenvalue weighted by Gasteiger charge is -2.23. The average Bonchev–Trinajstić information content (AvgIpc) is 2.64. The first-order chi connectivity index (χ1) is 13.6. The first kappa shape index (κ1) is 21.1. The van der Waals surface area contributed by atoms with Crippen molar-refractivity contribution in [2.45, 2.75) is 30.3 Å². The van der Waals surface area contributed by atoms with Crippen LogP contribution in [-0.2, 0) is 10.1 Å². The number of rotatable bonds is 6. The van der Waals surface area contributed by atoms with E-state index < -0.39 is 38.7 Å². The maximum absolute atomic E-state index is 13.8. The molecule has 0 aliphatic rings. The van der Waals surface area contributed by atoms with Gasteiger partial charge in [-0.25, -0.2) is 8.78 Å². The Morgan fingerprint density at radius 1 is 0.897 bits per heavy atom. The Morgan fingerprint density at radius 2 is 1.45 bits per heavy atom. The second kappa shape index (κ2) is 8.41. The van der Waals surface area contributed by atoms with E-state index in [2.05, 4.69) is 0 Å². The molecule has 3 rings (SSSR count). The molecule has 0 heterocycles. The molecule has 0 aromatic heterocycles. The summed E-state index contributed by atoms with van der Waals surface area (Å²) >= 11 is 0. The molecule has 0 amide bonds. The van der Waals surface area contributed by atoms with Crippen LogP contribution in [0.25, 0.3) is 0 Å². The number of aryl methyl sites for hydroxylation is 1. The molecule has 1 unspecified atom stereocenters. The van der Waals surface area contributed by atoms with Crippen molar-refractivity contribution in [1.82, 2.24) is 0 Å². The van der Waals surface area contributed by atoms with Gasteiger partial charge in [0.15, 0.2) is 0 Å². The Labute approximate surface area is 168 Å². The minimum atomic E-state index is -4.55. The van der Waals surface area contributed by atoms with Crippen molar-refractivity contribution in [3.8, 4) is 0 Å². The van der Waals surface area contributed by atoms with E-state index in [0.29, 0.717) is 16.7 Å². The standard InChI is InChI=1S/C22H20F2O4S/c1-14-8-9-22(29(26,27)28)20(10-14)21(25)13-19(15-4-2-6-17(23)11-15)16-5-3-7-18(24)12-16/h2-12,19,21,25H,13H2,1H3,(H,26,27,28). The molecule has 29 heavy (non-hydrogen) atoms. The van der Waals surface area contributed by atoms with Gasteiger partial charge in [-0.1, -0.05) is 42.0 Å². The molecule has 0 fully saturated rings. The lowest BCUT2D eigenvalue weighted by atomic mass is 9.85. The van der Waals surface area contributed by atoms with E-state index in [9.17, 15) is 26.9 Å². The summed E-state index contributed by atoms with van der Waals surface area (Å²) in [7, 11) is -4.55. The summed E-state index contributed by atoms with van der Waals surface area (Å²) in [6, 6.07) is 15.7. The number of halogens is 2. The molecule has 4 nitrogen and oxygen atoms in total. The molecule has 7 heteroatoms. The normalized spacial score (nSPS) is 12.9. The van der Waals surface area contributed by atoms with E-state index >= 15 is 0 Å². The van der Waals surface area contributed by atoms with Crippen molar-refractivity contribution in [2.24, 2.45) is 0 Å². The molecule has 1 atom stereocenters. The van der Waals surface area contributed by atoms with E-state index in [1.807, 2.05) is 0 Å². The first-order valence-electron chi connectivity index (χ1n) is 8.92. The molecule has 0 spiro atoms. The summed E-state index contributed by atoms with van der Waals surface area (Å²) in [5.41, 5.74) is 1.75. The molecule has 0 aliphatic carbocycles. The zero-order valence-corrected chi connectivity index (χ0v) is 16.4. The van der Waals surface area contributed by atoms with E-state index in [1.54, 1.807) is 19.1 Å². The number of hydrogen-bond acceptors (Lipinski definition) is 3. The molecule has 2 N–H and O–H groups in total. The molecule has 0 radical (unpaired) electrons. The van der Waals surface area contributed by atoms with Crippen LogP contribution in [-0.4, -0.2) is 18.1 Å². The summed E-state index contributed by atoms with van der Waals surface area (Å²) in [4.78, 5) is -0.396. The summed E-state index contributed by atoms with van der Waals surface area (Å²) in [6.07, 6.45) is -1.35. The maximum Gasteiger partial charge on any atom is 0.294 e. The van der Waals surface area contributed by atoms with Crippen molar-refractivity contribution in [3.05, 3.63) is 101 Å². The largest absolute Gasteiger partial charge is 0.388 e. The molecular weight excluding hydrogens is 398 g/mol. The fraction of sp³-hybridized carbons (Fsp3) is 0.182. The van der Waals surface area contributed by atoms with Gasteiger partial charge in [0, 0.05) is 11.5 Å². The molecule has 0 bridgehead atoms. The van der Waals surface area contributed by atoms with Gasteiger partial charge in [0.25, 0.3) is 10.1 Å². The van der Waals surface area contributed by atoms with Crippen molar-refractivity contribution < 1.29 is 26.9 Å². The minimum absolute atomic E-state index is 0.0327. The number of benzene rings is 3. The highest BCUT2D eigenvalue weighted by molar-refractivity contribution is 7.85. The van der Waals surface area contributed by atoms with E-state index in [0.717, 1.165) is 0 Å². The topological polar surface area (TPSA) is 74.6 Å². The molecule has 3 aromatic rings. The monoisotopic (exact) mass is 418 g/mol. The molecule has 3 aromatic carbocycles. The van der Waals surface area contributed by atoms with Crippen LogP contribution in [0.15, 0.2) is 71.6 Å². The fourth-order valence-electron chi connectivity index (χ4n) is 3.42. The van der Waals surface area contributed by atoms with Gasteiger partial charge in [-0.15, -0.1) is 0 Å². The second-order valence-electron chi connectivity index (χ2n) is 6.93. The maximum atomic E-state index is 13.8. The SMILES string of the molecule is Cc1ccc(S(=O)(=O)O)c(C(O)CC(c2cccc(F)c2)c2cccc(F)c2)c1. The Morgan fingerprint density at radius 3 is 1.93 bits per heavy atom. The van der Waals surface area contributed by atoms with Crippen molar-refractivity contribution in [1.29, 1.82) is 0 Å². The highest BCUT2D eigenvalue weighted by Crippen LogP contribution is 2.36. The highest BCUT2D eigenvalue weighted by Gasteiger charge is 2.25. The lowest BCUT2D eigenvalue weighted by Crippen LogP contribution is -2.12. The fourth-order valence-corrected chi connectivity index (χ4v) is 4.16. The van der Waals surface area contributed by atoms with Gasteiger partial charge in [0.2, 0.25) is 0 Å². The third-order valence-electron chi connectivity index (χ3n) is 4.76. The van der Waals surface area contributed by atoms with Gasteiger partial charge in [-0.05, 0) is 54.8 Å². The smallest absolute Gasteiger partial charge is 0.294 e. The van der Waals surface area contributed by atoms with Gasteiger partial charge in [0.1, 0.15) is 11.6 Å². The minimum Gasteiger partial charge on any atom is -0.388 e. The van der Waals surface area contributed by atoms with Gasteiger partial charge < -0.3 is 5.11 Å². The third-order valence-corrected chi connectivity index (χ3v) is 5.69. The van der Waals surface area contributed by atoms with Crippen molar-refractivity contribution in [2.75, 3.05) is 0 Å². The average molecular weight is 418 g/mol. The Bertz CT molecular complexity index is 1080. The summed E-state index contributed by atoms with van der Waals surface area (Å²) < 4.78 is 60.6. The number of aliphatic hydroxyl groups excluding tert-OH is 1. The molecule has 152 valence electrons. The van der Waals surface area contributed by atoms with Crippen LogP contribution in [0.1, 0.15) is 40.7 Å². The van der Waals surface area contributed by atoms with Crippen molar-refractivity contribution in [3.63, 3.8) is 0 Å². The van der Waals surface area contributed by atoms with Crippen LogP contribution >= 0.6 is 0 Å². The molecule has 0 saturated carbocycles. The second-order valence-corrected chi connectivity index (χ2v) is 8.32. The van der Waals surface area contributed by atoms with E-state index in [4.69, 9.17) is 0 Å². The van der Waals surface area contributed by atoms with Gasteiger partial charge in [-0.2, -0.15) is 8.42 Å². The van der Waals surface area contributed by atoms with Crippen LogP contribution in [0.5, 0.6) is 0 Å². The summed E-state index contributed by atoms with van der Waals surface area (Å²) in [5, 5.41) is 10.9. The van der Waals surface area contributed by atoms with Crippen LogP contribution in [0.2, 0.25) is 0 Å².